The lowest BCUT2D eigenvalue weighted by molar-refractivity contribution is 0.0893. The highest BCUT2D eigenvalue weighted by atomic mass is 16.2. The van der Waals surface area contributed by atoms with Gasteiger partial charge < -0.3 is 5.32 Å². The first kappa shape index (κ1) is 21.7. The van der Waals surface area contributed by atoms with Crippen LogP contribution in [0, 0.1) is 0 Å². The van der Waals surface area contributed by atoms with Gasteiger partial charge in [0.15, 0.2) is 0 Å². The molecule has 1 aliphatic rings. The summed E-state index contributed by atoms with van der Waals surface area (Å²) in [6.45, 7) is 1.90. The molecular formula is C31H22N2O3. The first-order valence-electron chi connectivity index (χ1n) is 11.8. The third-order valence-electron chi connectivity index (χ3n) is 6.77. The number of fused-ring (bicyclic) bond motifs is 1. The summed E-state index contributed by atoms with van der Waals surface area (Å²) in [5.74, 6) is -1.24. The van der Waals surface area contributed by atoms with Gasteiger partial charge in [0.1, 0.15) is 0 Å². The summed E-state index contributed by atoms with van der Waals surface area (Å²) in [5, 5.41) is 6.20. The minimum Gasteiger partial charge on any atom is -0.345 e. The predicted octanol–water partition coefficient (Wildman–Crippen LogP) is 6.28. The van der Waals surface area contributed by atoms with Crippen molar-refractivity contribution in [2.75, 3.05) is 4.90 Å². The van der Waals surface area contributed by atoms with Gasteiger partial charge in [-0.25, -0.2) is 4.90 Å². The zero-order valence-electron chi connectivity index (χ0n) is 19.6. The monoisotopic (exact) mass is 470 g/mol. The Balaban J connectivity index is 1.50. The number of imide groups is 1. The van der Waals surface area contributed by atoms with E-state index in [-0.39, 0.29) is 23.2 Å². The standard InChI is InChI=1S/C31H22N2O3/c1-19(20-9-3-2-4-10-20)32-29(34)26-17-22-11-5-6-12-23(22)18-27(26)33-30(35)24-15-7-13-21-14-8-16-25(28(21)24)31(33)36/h2-19H,1H3,(H,32,34)/t19-/m1/s1. The van der Waals surface area contributed by atoms with Crippen molar-refractivity contribution in [2.24, 2.45) is 0 Å². The fourth-order valence-corrected chi connectivity index (χ4v) is 4.94. The molecule has 1 atom stereocenters. The molecule has 1 heterocycles. The molecule has 5 heteroatoms. The lowest BCUT2D eigenvalue weighted by atomic mass is 9.92. The predicted molar refractivity (Wildman–Crippen MR) is 141 cm³/mol. The highest BCUT2D eigenvalue weighted by Gasteiger charge is 2.36. The van der Waals surface area contributed by atoms with Gasteiger partial charge in [0.25, 0.3) is 17.7 Å². The molecule has 36 heavy (non-hydrogen) atoms. The third kappa shape index (κ3) is 3.45. The van der Waals surface area contributed by atoms with Crippen molar-refractivity contribution in [3.63, 3.8) is 0 Å². The Kier molecular flexibility index (Phi) is 5.11. The number of carbonyl (C=O) groups is 3. The van der Waals surface area contributed by atoms with E-state index in [9.17, 15) is 14.4 Å². The molecule has 174 valence electrons. The minimum absolute atomic E-state index is 0.264. The molecule has 0 aliphatic carbocycles. The molecule has 0 radical (unpaired) electrons. The molecule has 6 rings (SSSR count). The van der Waals surface area contributed by atoms with Gasteiger partial charge in [-0.05, 0) is 52.9 Å². The Morgan fingerprint density at radius 3 is 1.89 bits per heavy atom. The van der Waals surface area contributed by atoms with E-state index in [4.69, 9.17) is 0 Å². The zero-order valence-corrected chi connectivity index (χ0v) is 19.6. The van der Waals surface area contributed by atoms with Gasteiger partial charge in [0.2, 0.25) is 0 Å². The van der Waals surface area contributed by atoms with Crippen LogP contribution in [0.5, 0.6) is 0 Å². The number of benzene rings is 5. The first-order chi connectivity index (χ1) is 17.5. The number of rotatable bonds is 4. The van der Waals surface area contributed by atoms with Crippen molar-refractivity contribution in [1.82, 2.24) is 5.32 Å². The van der Waals surface area contributed by atoms with E-state index >= 15 is 0 Å². The second-order valence-corrected chi connectivity index (χ2v) is 8.98. The summed E-state index contributed by atoms with van der Waals surface area (Å²) in [7, 11) is 0. The maximum Gasteiger partial charge on any atom is 0.266 e. The molecule has 5 aromatic rings. The highest BCUT2D eigenvalue weighted by Crippen LogP contribution is 2.36. The average Bonchev–Trinajstić information content (AvgIpc) is 2.91. The van der Waals surface area contributed by atoms with Gasteiger partial charge in [-0.1, -0.05) is 78.9 Å². The fraction of sp³-hybridized carbons (Fsp3) is 0.0645. The largest absolute Gasteiger partial charge is 0.345 e. The first-order valence-corrected chi connectivity index (χ1v) is 11.8. The van der Waals surface area contributed by atoms with E-state index in [2.05, 4.69) is 5.32 Å². The summed E-state index contributed by atoms with van der Waals surface area (Å²) >= 11 is 0. The zero-order chi connectivity index (χ0) is 24.8. The summed E-state index contributed by atoms with van der Waals surface area (Å²) in [6, 6.07) is 31.3. The van der Waals surface area contributed by atoms with Crippen LogP contribution in [0.25, 0.3) is 21.5 Å². The van der Waals surface area contributed by atoms with E-state index in [1.165, 1.54) is 0 Å². The third-order valence-corrected chi connectivity index (χ3v) is 6.77. The van der Waals surface area contributed by atoms with Crippen LogP contribution >= 0.6 is 0 Å². The van der Waals surface area contributed by atoms with E-state index in [1.807, 2.05) is 85.8 Å². The van der Waals surface area contributed by atoms with Crippen LogP contribution in [-0.2, 0) is 0 Å². The van der Waals surface area contributed by atoms with Gasteiger partial charge in [0, 0.05) is 16.5 Å². The van der Waals surface area contributed by atoms with Crippen LogP contribution in [0.15, 0.2) is 103 Å². The van der Waals surface area contributed by atoms with Crippen LogP contribution < -0.4 is 10.2 Å². The topological polar surface area (TPSA) is 66.5 Å². The molecule has 3 amide bonds. The van der Waals surface area contributed by atoms with Crippen LogP contribution in [0.3, 0.4) is 0 Å². The Morgan fingerprint density at radius 2 is 1.25 bits per heavy atom. The molecule has 5 nitrogen and oxygen atoms in total. The van der Waals surface area contributed by atoms with E-state index in [0.29, 0.717) is 16.5 Å². The highest BCUT2D eigenvalue weighted by molar-refractivity contribution is 6.36. The van der Waals surface area contributed by atoms with Crippen molar-refractivity contribution in [1.29, 1.82) is 0 Å². The van der Waals surface area contributed by atoms with Crippen molar-refractivity contribution < 1.29 is 14.4 Å². The summed E-state index contributed by atoms with van der Waals surface area (Å²) in [5.41, 5.74) is 2.39. The van der Waals surface area contributed by atoms with Crippen LogP contribution in [-0.4, -0.2) is 17.7 Å². The van der Waals surface area contributed by atoms with E-state index in [1.54, 1.807) is 24.3 Å². The molecule has 0 saturated carbocycles. The van der Waals surface area contributed by atoms with Crippen LogP contribution in [0.1, 0.15) is 49.6 Å². The molecule has 0 bridgehead atoms. The lowest BCUT2D eigenvalue weighted by Gasteiger charge is -2.29. The maximum absolute atomic E-state index is 13.7. The number of hydrogen-bond donors (Lipinski definition) is 1. The molecule has 0 saturated heterocycles. The van der Waals surface area contributed by atoms with Gasteiger partial charge in [-0.15, -0.1) is 0 Å². The fourth-order valence-electron chi connectivity index (χ4n) is 4.94. The van der Waals surface area contributed by atoms with Crippen molar-refractivity contribution in [3.05, 3.63) is 125 Å². The summed E-state index contributed by atoms with van der Waals surface area (Å²) in [6.07, 6.45) is 0. The molecule has 0 fully saturated rings. The van der Waals surface area contributed by atoms with Gasteiger partial charge in [-0.3, -0.25) is 14.4 Å². The Labute approximate surface area is 208 Å². The smallest absolute Gasteiger partial charge is 0.266 e. The normalized spacial score (nSPS) is 13.8. The molecule has 0 unspecified atom stereocenters. The Hall–Kier alpha value is -4.77. The van der Waals surface area contributed by atoms with Crippen molar-refractivity contribution in [2.45, 2.75) is 13.0 Å². The second kappa shape index (κ2) is 8.47. The second-order valence-electron chi connectivity index (χ2n) is 8.98. The molecule has 0 aromatic heterocycles. The number of anilines is 1. The summed E-state index contributed by atoms with van der Waals surface area (Å²) in [4.78, 5) is 42.3. The number of carbonyl (C=O) groups excluding carboxylic acids is 3. The maximum atomic E-state index is 13.7. The van der Waals surface area contributed by atoms with E-state index in [0.717, 1.165) is 26.6 Å². The number of hydrogen-bond acceptors (Lipinski definition) is 3. The van der Waals surface area contributed by atoms with Gasteiger partial charge in [0.05, 0.1) is 17.3 Å². The Bertz CT molecular complexity index is 1640. The van der Waals surface area contributed by atoms with Crippen LogP contribution in [0.4, 0.5) is 5.69 Å². The van der Waals surface area contributed by atoms with Gasteiger partial charge >= 0.3 is 0 Å². The van der Waals surface area contributed by atoms with Crippen molar-refractivity contribution in [3.8, 4) is 0 Å². The number of nitrogens with one attached hydrogen (secondary N) is 1. The van der Waals surface area contributed by atoms with Gasteiger partial charge in [-0.2, -0.15) is 0 Å². The lowest BCUT2D eigenvalue weighted by Crippen LogP contribution is -2.42. The molecule has 0 spiro atoms. The quantitative estimate of drug-likeness (QED) is 0.314. The van der Waals surface area contributed by atoms with Crippen LogP contribution in [0.2, 0.25) is 0 Å². The molecular weight excluding hydrogens is 448 g/mol. The summed E-state index contributed by atoms with van der Waals surface area (Å²) < 4.78 is 0. The molecule has 1 N–H and O–H groups in total. The molecule has 1 aliphatic heterocycles. The molecule has 5 aromatic carbocycles. The number of amides is 3. The van der Waals surface area contributed by atoms with Crippen molar-refractivity contribution >= 4 is 45.0 Å². The Morgan fingerprint density at radius 1 is 0.694 bits per heavy atom. The minimum atomic E-state index is -0.440. The average molecular weight is 471 g/mol. The SMILES string of the molecule is C[C@@H](NC(=O)c1cc2ccccc2cc1N1C(=O)c2cccc3cccc(c23)C1=O)c1ccccc1. The van der Waals surface area contributed by atoms with E-state index < -0.39 is 11.8 Å². The number of nitrogens with zero attached hydrogens (tertiary/aromatic N) is 1.